The highest BCUT2D eigenvalue weighted by molar-refractivity contribution is 5.95. The molecule has 0 aromatic carbocycles. The Morgan fingerprint density at radius 1 is 0.804 bits per heavy atom. The number of piperazine rings is 2. The number of halogens is 1. The van der Waals surface area contributed by atoms with Gasteiger partial charge in [-0.05, 0) is 45.4 Å². The maximum Gasteiger partial charge on any atom is 0.410 e. The first-order valence-electron chi connectivity index (χ1n) is 16.0. The molecule has 15 heteroatoms. The van der Waals surface area contributed by atoms with Crippen LogP contribution in [0.4, 0.5) is 28.1 Å². The van der Waals surface area contributed by atoms with E-state index in [4.69, 9.17) is 4.74 Å². The van der Waals surface area contributed by atoms with Crippen molar-refractivity contribution in [1.29, 1.82) is 0 Å². The van der Waals surface area contributed by atoms with Crippen LogP contribution in [0.5, 0.6) is 0 Å². The average Bonchev–Trinajstić information content (AvgIpc) is 3.89. The van der Waals surface area contributed by atoms with Crippen molar-refractivity contribution >= 4 is 53.6 Å². The number of rotatable bonds is 2. The lowest BCUT2D eigenvalue weighted by Crippen LogP contribution is -2.50. The molecule has 8 rings (SSSR count). The first-order chi connectivity index (χ1) is 21.5. The predicted molar refractivity (Wildman–Crippen MR) is 175 cm³/mol. The highest BCUT2D eigenvalue weighted by atomic mass is 35.5. The van der Waals surface area contributed by atoms with Gasteiger partial charge in [0.1, 0.15) is 41.5 Å². The molecule has 4 fully saturated rings. The number of nitrogens with one attached hydrogen (secondary N) is 3. The molecule has 14 nitrogen and oxygen atoms in total. The topological polar surface area (TPSA) is 158 Å². The monoisotopic (exact) mass is 654 g/mol. The highest BCUT2D eigenvalue weighted by Crippen LogP contribution is 2.44. The molecule has 46 heavy (non-hydrogen) atoms. The number of amides is 3. The molecular weight excluding hydrogens is 612 g/mol. The minimum atomic E-state index is -0.488. The Balaban J connectivity index is 0.000000165. The van der Waals surface area contributed by atoms with Gasteiger partial charge in [-0.1, -0.05) is 13.8 Å². The summed E-state index contributed by atoms with van der Waals surface area (Å²) < 4.78 is 5.53. The van der Waals surface area contributed by atoms with Crippen LogP contribution < -0.4 is 25.8 Å². The summed E-state index contributed by atoms with van der Waals surface area (Å²) in [5, 5.41) is 9.21. The molecule has 2 aromatic heterocycles. The average molecular weight is 655 g/mol. The summed E-state index contributed by atoms with van der Waals surface area (Å²) in [7, 11) is 0. The number of ether oxygens (including phenoxy) is 1. The number of hydrogen-bond donors (Lipinski definition) is 3. The van der Waals surface area contributed by atoms with Crippen LogP contribution in [0.3, 0.4) is 0 Å². The fourth-order valence-electron chi connectivity index (χ4n) is 7.20. The molecular formula is C31H43ClN10O4. The molecule has 2 saturated heterocycles. The fraction of sp³-hybridized carbons (Fsp3) is 0.645. The number of carbonyl (C=O) groups is 3. The van der Waals surface area contributed by atoms with Crippen molar-refractivity contribution in [3.63, 3.8) is 0 Å². The number of aromatic nitrogens is 4. The Morgan fingerprint density at radius 2 is 1.37 bits per heavy atom. The van der Waals surface area contributed by atoms with E-state index in [-0.39, 0.29) is 54.2 Å². The van der Waals surface area contributed by atoms with Crippen LogP contribution in [0.2, 0.25) is 0 Å². The number of nitrogens with zero attached hydrogens (tertiary/aromatic N) is 7. The first-order valence-corrected chi connectivity index (χ1v) is 16.0. The van der Waals surface area contributed by atoms with Gasteiger partial charge in [-0.2, -0.15) is 0 Å². The predicted octanol–water partition coefficient (Wildman–Crippen LogP) is 3.01. The SMILES string of the molecule is C[C@@H]1CC(=O)Nc2ncnc(N3CCN(C(=O)OC(C)(C)C)C4CC43)c21.C[C@@H]1CC(=O)Nc2ncnc(N3CCNC4CC43)c21.Cl. The third kappa shape index (κ3) is 6.16. The van der Waals surface area contributed by atoms with Crippen LogP contribution in [0.15, 0.2) is 12.7 Å². The summed E-state index contributed by atoms with van der Waals surface area (Å²) in [6, 6.07) is 1.60. The van der Waals surface area contributed by atoms with E-state index in [0.717, 1.165) is 42.3 Å². The van der Waals surface area contributed by atoms with Crippen LogP contribution in [-0.4, -0.2) is 98.7 Å². The second kappa shape index (κ2) is 12.1. The molecule has 6 heterocycles. The number of fused-ring (bicyclic) bond motifs is 4. The maximum atomic E-state index is 12.4. The molecule has 4 unspecified atom stereocenters. The molecule has 3 N–H and O–H groups in total. The minimum Gasteiger partial charge on any atom is -0.444 e. The van der Waals surface area contributed by atoms with E-state index in [1.54, 1.807) is 6.33 Å². The van der Waals surface area contributed by atoms with Gasteiger partial charge in [0.2, 0.25) is 11.8 Å². The van der Waals surface area contributed by atoms with Crippen molar-refractivity contribution in [1.82, 2.24) is 30.2 Å². The summed E-state index contributed by atoms with van der Waals surface area (Å²) in [6.07, 6.45) is 5.90. The summed E-state index contributed by atoms with van der Waals surface area (Å²) in [4.78, 5) is 59.8. The first kappa shape index (κ1) is 32.2. The van der Waals surface area contributed by atoms with Crippen LogP contribution in [0.25, 0.3) is 0 Å². The normalized spacial score (nSPS) is 28.8. The van der Waals surface area contributed by atoms with Crippen LogP contribution in [-0.2, 0) is 14.3 Å². The van der Waals surface area contributed by atoms with Gasteiger partial charge in [0.05, 0.1) is 12.1 Å². The van der Waals surface area contributed by atoms with E-state index < -0.39 is 5.60 Å². The molecule has 2 aliphatic carbocycles. The van der Waals surface area contributed by atoms with Crippen molar-refractivity contribution in [3.8, 4) is 0 Å². The summed E-state index contributed by atoms with van der Waals surface area (Å²) in [5.74, 6) is 3.53. The lowest BCUT2D eigenvalue weighted by atomic mass is 9.94. The Labute approximate surface area is 274 Å². The fourth-order valence-corrected chi connectivity index (χ4v) is 7.20. The molecule has 2 saturated carbocycles. The maximum absolute atomic E-state index is 12.4. The zero-order chi connectivity index (χ0) is 31.6. The number of carbonyl (C=O) groups excluding carboxylic acids is 3. The highest BCUT2D eigenvalue weighted by Gasteiger charge is 2.53. The van der Waals surface area contributed by atoms with Gasteiger partial charge < -0.3 is 35.4 Å². The van der Waals surface area contributed by atoms with Gasteiger partial charge in [0, 0.05) is 62.2 Å². The summed E-state index contributed by atoms with van der Waals surface area (Å²) in [6.45, 7) is 13.0. The minimum absolute atomic E-state index is 0. The van der Waals surface area contributed by atoms with Crippen LogP contribution >= 0.6 is 12.4 Å². The van der Waals surface area contributed by atoms with E-state index in [2.05, 4.69) is 52.6 Å². The lowest BCUT2D eigenvalue weighted by molar-refractivity contribution is -0.117. The smallest absolute Gasteiger partial charge is 0.410 e. The Morgan fingerprint density at radius 3 is 1.93 bits per heavy atom. The van der Waals surface area contributed by atoms with Crippen molar-refractivity contribution in [3.05, 3.63) is 23.8 Å². The Hall–Kier alpha value is -3.78. The van der Waals surface area contributed by atoms with Gasteiger partial charge in [-0.3, -0.25) is 9.59 Å². The lowest BCUT2D eigenvalue weighted by Gasteiger charge is -2.37. The van der Waals surface area contributed by atoms with E-state index in [1.807, 2.05) is 32.6 Å². The van der Waals surface area contributed by atoms with Gasteiger partial charge in [-0.15, -0.1) is 12.4 Å². The van der Waals surface area contributed by atoms with Crippen molar-refractivity contribution in [2.24, 2.45) is 0 Å². The van der Waals surface area contributed by atoms with Gasteiger partial charge in [0.25, 0.3) is 0 Å². The van der Waals surface area contributed by atoms with Gasteiger partial charge in [0.15, 0.2) is 0 Å². The molecule has 3 amide bonds. The molecule has 6 atom stereocenters. The Kier molecular flexibility index (Phi) is 8.47. The summed E-state index contributed by atoms with van der Waals surface area (Å²) >= 11 is 0. The zero-order valence-electron chi connectivity index (χ0n) is 26.9. The van der Waals surface area contributed by atoms with Crippen LogP contribution in [0, 0.1) is 0 Å². The Bertz CT molecular complexity index is 1540. The van der Waals surface area contributed by atoms with Crippen molar-refractivity contribution in [2.45, 2.75) is 102 Å². The van der Waals surface area contributed by atoms with E-state index in [9.17, 15) is 14.4 Å². The summed E-state index contributed by atoms with van der Waals surface area (Å²) in [5.41, 5.74) is 1.62. The molecule has 0 bridgehead atoms. The molecule has 0 radical (unpaired) electrons. The third-order valence-corrected chi connectivity index (χ3v) is 9.41. The third-order valence-electron chi connectivity index (χ3n) is 9.41. The molecule has 2 aromatic rings. The molecule has 248 valence electrons. The van der Waals surface area contributed by atoms with Crippen LogP contribution in [0.1, 0.15) is 83.3 Å². The van der Waals surface area contributed by atoms with E-state index in [0.29, 0.717) is 49.7 Å². The van der Waals surface area contributed by atoms with Crippen molar-refractivity contribution < 1.29 is 19.1 Å². The van der Waals surface area contributed by atoms with E-state index in [1.165, 1.54) is 12.7 Å². The molecule has 0 spiro atoms. The quantitative estimate of drug-likeness (QED) is 0.437. The standard InChI is InChI=1S/C18H25N5O3.C13H17N5O.ClH/c1-10-7-13(24)21-15-14(10)16(20-9-19-15)22-5-6-23(12-8-11(12)22)17(25)26-18(2,3)4;1-7-4-10(19)17-12-11(7)13(16-6-15-12)18-3-2-14-8-5-9(8)18;/h9-12H,5-8H2,1-4H3,(H,19,20,21,24);6-9,14H,2-5H2,1H3,(H,15,16,17,19);1H/t10-,11?,12?;7-,8?,9?;/m11./s1. The molecule has 6 aliphatic rings. The zero-order valence-corrected chi connectivity index (χ0v) is 27.8. The van der Waals surface area contributed by atoms with E-state index >= 15 is 0 Å². The molecule has 4 aliphatic heterocycles. The number of hydrogen-bond acceptors (Lipinski definition) is 11. The largest absolute Gasteiger partial charge is 0.444 e. The van der Waals surface area contributed by atoms with Gasteiger partial charge >= 0.3 is 6.09 Å². The second-order valence-corrected chi connectivity index (χ2v) is 14.0. The second-order valence-electron chi connectivity index (χ2n) is 14.0. The van der Waals surface area contributed by atoms with Crippen molar-refractivity contribution in [2.75, 3.05) is 46.6 Å². The number of anilines is 4. The van der Waals surface area contributed by atoms with Gasteiger partial charge in [-0.25, -0.2) is 24.7 Å².